The van der Waals surface area contributed by atoms with Crippen molar-refractivity contribution in [2.75, 3.05) is 10.5 Å². The standard InChI is InChI=1S/C20H17F3N4O6S2/c1-10-7-13(4-5-14(10)24-11(2)18-25-15(9-34-18)19(28)29)26-35(32,33)17-6-3-12(20(21,22)23)8-16(17)27(30)31/h3-8,15,26H,9H2,1-2H3,(H,28,29)/b24-11+/t15-/m1/s1. The van der Waals surface area contributed by atoms with E-state index in [1.54, 1.807) is 13.8 Å². The number of aliphatic imine (C=N–C) groups is 2. The molecule has 35 heavy (non-hydrogen) atoms. The summed E-state index contributed by atoms with van der Waals surface area (Å²) in [5.74, 6) is -0.755. The number of nitrogens with zero attached hydrogens (tertiary/aromatic N) is 3. The number of benzene rings is 2. The average molecular weight is 531 g/mol. The molecule has 3 rings (SSSR count). The van der Waals surface area contributed by atoms with Gasteiger partial charge < -0.3 is 5.11 Å². The number of hydrogen-bond donors (Lipinski definition) is 2. The van der Waals surface area contributed by atoms with Gasteiger partial charge in [0.15, 0.2) is 10.9 Å². The van der Waals surface area contributed by atoms with E-state index in [0.717, 1.165) is 0 Å². The smallest absolute Gasteiger partial charge is 0.416 e. The van der Waals surface area contributed by atoms with Crippen molar-refractivity contribution in [2.45, 2.75) is 31.0 Å². The number of aliphatic carboxylic acids is 1. The number of hydrogen-bond acceptors (Lipinski definition) is 8. The maximum atomic E-state index is 12.9. The first-order valence-electron chi connectivity index (χ1n) is 9.67. The molecule has 0 saturated heterocycles. The molecule has 2 N–H and O–H groups in total. The maximum Gasteiger partial charge on any atom is 0.416 e. The number of aryl methyl sites for hydroxylation is 1. The van der Waals surface area contributed by atoms with Crippen molar-refractivity contribution in [2.24, 2.45) is 9.98 Å². The lowest BCUT2D eigenvalue weighted by Gasteiger charge is -2.12. The van der Waals surface area contributed by atoms with Gasteiger partial charge in [0.05, 0.1) is 21.9 Å². The average Bonchev–Trinajstić information content (AvgIpc) is 3.25. The Balaban J connectivity index is 1.88. The Morgan fingerprint density at radius 1 is 1.29 bits per heavy atom. The Bertz CT molecular complexity index is 1370. The van der Waals surface area contributed by atoms with Crippen LogP contribution in [0.5, 0.6) is 0 Å². The van der Waals surface area contributed by atoms with Crippen molar-refractivity contribution in [3.8, 4) is 0 Å². The topological polar surface area (TPSA) is 151 Å². The third-order valence-electron chi connectivity index (χ3n) is 4.76. The summed E-state index contributed by atoms with van der Waals surface area (Å²) < 4.78 is 66.3. The number of nitro benzene ring substituents is 1. The van der Waals surface area contributed by atoms with Crippen LogP contribution in [-0.4, -0.2) is 47.0 Å². The molecule has 1 aliphatic heterocycles. The summed E-state index contributed by atoms with van der Waals surface area (Å²) in [5, 5.41) is 20.8. The van der Waals surface area contributed by atoms with E-state index in [0.29, 0.717) is 34.1 Å². The highest BCUT2D eigenvalue weighted by atomic mass is 32.2. The van der Waals surface area contributed by atoms with Crippen LogP contribution < -0.4 is 4.72 Å². The van der Waals surface area contributed by atoms with Gasteiger partial charge in [-0.05, 0) is 49.7 Å². The third-order valence-corrected chi connectivity index (χ3v) is 7.34. The second kappa shape index (κ2) is 9.65. The van der Waals surface area contributed by atoms with E-state index in [1.165, 1.54) is 30.0 Å². The van der Waals surface area contributed by atoms with E-state index in [4.69, 9.17) is 5.11 Å². The molecule has 0 spiro atoms. The number of carboxylic acids is 1. The largest absolute Gasteiger partial charge is 0.480 e. The highest BCUT2D eigenvalue weighted by Crippen LogP contribution is 2.35. The predicted octanol–water partition coefficient (Wildman–Crippen LogP) is 4.41. The minimum Gasteiger partial charge on any atom is -0.480 e. The molecule has 10 nitrogen and oxygen atoms in total. The lowest BCUT2D eigenvalue weighted by atomic mass is 10.2. The molecule has 0 aromatic heterocycles. The number of nitro groups is 1. The van der Waals surface area contributed by atoms with Gasteiger partial charge in [-0.2, -0.15) is 13.2 Å². The predicted molar refractivity (Wildman–Crippen MR) is 124 cm³/mol. The molecule has 0 saturated carbocycles. The highest BCUT2D eigenvalue weighted by molar-refractivity contribution is 8.16. The van der Waals surface area contributed by atoms with Gasteiger partial charge in [-0.15, -0.1) is 11.8 Å². The SMILES string of the molecule is C/C(=N\c1ccc(NS(=O)(=O)c2ccc(C(F)(F)F)cc2[N+](=O)[O-])cc1C)C1=N[C@@H](C(=O)O)CS1. The zero-order valence-corrected chi connectivity index (χ0v) is 19.7. The zero-order chi connectivity index (χ0) is 26.1. The second-order valence-corrected chi connectivity index (χ2v) is 10.0. The number of rotatable bonds is 7. The van der Waals surface area contributed by atoms with E-state index < -0.39 is 49.3 Å². The summed E-state index contributed by atoms with van der Waals surface area (Å²) in [5.41, 5.74) is -1.15. The van der Waals surface area contributed by atoms with E-state index in [-0.39, 0.29) is 17.5 Å². The Morgan fingerprint density at radius 2 is 1.97 bits per heavy atom. The summed E-state index contributed by atoms with van der Waals surface area (Å²) in [6.45, 7) is 3.27. The van der Waals surface area contributed by atoms with Crippen LogP contribution in [0.1, 0.15) is 18.1 Å². The van der Waals surface area contributed by atoms with Crippen molar-refractivity contribution in [1.82, 2.24) is 0 Å². The summed E-state index contributed by atoms with van der Waals surface area (Å²) in [7, 11) is -4.60. The Hall–Kier alpha value is -3.46. The van der Waals surface area contributed by atoms with Crippen LogP contribution in [0.25, 0.3) is 0 Å². The minimum absolute atomic E-state index is 0.00632. The third kappa shape index (κ3) is 5.97. The van der Waals surface area contributed by atoms with Crippen molar-refractivity contribution < 1.29 is 36.4 Å². The Kier molecular flexibility index (Phi) is 7.21. The fourth-order valence-electron chi connectivity index (χ4n) is 3.04. The molecule has 0 bridgehead atoms. The van der Waals surface area contributed by atoms with Gasteiger partial charge in [0.2, 0.25) is 0 Å². The van der Waals surface area contributed by atoms with Gasteiger partial charge >= 0.3 is 12.1 Å². The quantitative estimate of drug-likeness (QED) is 0.306. The number of carboxylic acid groups (broad SMARTS) is 1. The van der Waals surface area contributed by atoms with Crippen LogP contribution in [0.15, 0.2) is 51.3 Å². The molecular formula is C20H17F3N4O6S2. The zero-order valence-electron chi connectivity index (χ0n) is 18.0. The lowest BCUT2D eigenvalue weighted by molar-refractivity contribution is -0.388. The Labute approximate surface area is 201 Å². The molecular weight excluding hydrogens is 513 g/mol. The molecule has 0 radical (unpaired) electrons. The first kappa shape index (κ1) is 26.2. The van der Waals surface area contributed by atoms with Crippen LogP contribution in [0, 0.1) is 17.0 Å². The number of nitrogens with one attached hydrogen (secondary N) is 1. The van der Waals surface area contributed by atoms with E-state index in [9.17, 15) is 36.5 Å². The summed E-state index contributed by atoms with van der Waals surface area (Å²) in [4.78, 5) is 28.7. The van der Waals surface area contributed by atoms with E-state index in [2.05, 4.69) is 14.7 Å². The molecule has 1 aliphatic rings. The van der Waals surface area contributed by atoms with Gasteiger partial charge in [-0.1, -0.05) is 0 Å². The Morgan fingerprint density at radius 3 is 2.51 bits per heavy atom. The molecule has 1 atom stereocenters. The minimum atomic E-state index is -4.89. The normalized spacial score (nSPS) is 16.7. The first-order chi connectivity index (χ1) is 16.2. The molecule has 0 amide bonds. The number of anilines is 1. The first-order valence-corrected chi connectivity index (χ1v) is 12.1. The molecule has 0 unspecified atom stereocenters. The van der Waals surface area contributed by atoms with E-state index in [1.807, 2.05) is 0 Å². The molecule has 0 aliphatic carbocycles. The fraction of sp³-hybridized carbons (Fsp3) is 0.250. The fourth-order valence-corrected chi connectivity index (χ4v) is 5.24. The molecule has 15 heteroatoms. The molecule has 1 heterocycles. The van der Waals surface area contributed by atoms with Crippen molar-refractivity contribution in [3.63, 3.8) is 0 Å². The summed E-state index contributed by atoms with van der Waals surface area (Å²) >= 11 is 1.25. The maximum absolute atomic E-state index is 12.9. The molecule has 2 aromatic rings. The van der Waals surface area contributed by atoms with Crippen molar-refractivity contribution in [3.05, 3.63) is 57.6 Å². The monoisotopic (exact) mass is 530 g/mol. The molecule has 186 valence electrons. The van der Waals surface area contributed by atoms with Crippen LogP contribution in [0.3, 0.4) is 0 Å². The lowest BCUT2D eigenvalue weighted by Crippen LogP contribution is -2.17. The van der Waals surface area contributed by atoms with Gasteiger partial charge in [-0.3, -0.25) is 24.8 Å². The summed E-state index contributed by atoms with van der Waals surface area (Å²) in [6.07, 6.45) is -4.89. The van der Waals surface area contributed by atoms with Gasteiger partial charge in [0.25, 0.3) is 15.7 Å². The molecule has 0 fully saturated rings. The van der Waals surface area contributed by atoms with Gasteiger partial charge in [-0.25, -0.2) is 13.2 Å². The summed E-state index contributed by atoms with van der Waals surface area (Å²) in [6, 6.07) is 4.48. The number of sulfonamides is 1. The van der Waals surface area contributed by atoms with Gasteiger partial charge in [0, 0.05) is 17.5 Å². The number of thioether (sulfide) groups is 1. The van der Waals surface area contributed by atoms with Crippen LogP contribution in [0.4, 0.5) is 30.2 Å². The van der Waals surface area contributed by atoms with Crippen LogP contribution in [0.2, 0.25) is 0 Å². The number of carbonyl (C=O) groups is 1. The van der Waals surface area contributed by atoms with Crippen LogP contribution >= 0.6 is 11.8 Å². The second-order valence-electron chi connectivity index (χ2n) is 7.34. The van der Waals surface area contributed by atoms with Crippen molar-refractivity contribution in [1.29, 1.82) is 0 Å². The molecule has 2 aromatic carbocycles. The highest BCUT2D eigenvalue weighted by Gasteiger charge is 2.35. The van der Waals surface area contributed by atoms with E-state index >= 15 is 0 Å². The van der Waals surface area contributed by atoms with Crippen LogP contribution in [-0.2, 0) is 21.0 Å². The van der Waals surface area contributed by atoms with Crippen molar-refractivity contribution >= 4 is 55.6 Å². The number of alkyl halides is 3. The van der Waals surface area contributed by atoms with Gasteiger partial charge in [0.1, 0.15) is 5.04 Å². The number of halogens is 3.